The van der Waals surface area contributed by atoms with Crippen LogP contribution in [0.4, 0.5) is 0 Å². The summed E-state index contributed by atoms with van der Waals surface area (Å²) >= 11 is 0. The van der Waals surface area contributed by atoms with Gasteiger partial charge in [-0.3, -0.25) is 15.0 Å². The van der Waals surface area contributed by atoms with Gasteiger partial charge in [0.05, 0.1) is 0 Å². The molecular weight excluding hydrogens is 240 g/mol. The molecule has 4 heteroatoms. The highest BCUT2D eigenvalue weighted by Gasteiger charge is 2.40. The molecule has 0 saturated heterocycles. The first-order chi connectivity index (χ1) is 9.05. The molecule has 2 fully saturated rings. The Balaban J connectivity index is 1.98. The van der Waals surface area contributed by atoms with E-state index in [1.165, 1.54) is 32.1 Å². The van der Waals surface area contributed by atoms with E-state index in [1.54, 1.807) is 0 Å². The zero-order valence-electron chi connectivity index (χ0n) is 12.3. The molecule has 0 aromatic heterocycles. The second-order valence-electron chi connectivity index (χ2n) is 6.41. The van der Waals surface area contributed by atoms with Gasteiger partial charge in [-0.2, -0.15) is 0 Å². The summed E-state index contributed by atoms with van der Waals surface area (Å²) in [4.78, 5) is 14.0. The number of carboxylic acids is 1. The number of rotatable bonds is 7. The molecule has 19 heavy (non-hydrogen) atoms. The van der Waals surface area contributed by atoms with E-state index < -0.39 is 11.5 Å². The van der Waals surface area contributed by atoms with E-state index in [-0.39, 0.29) is 0 Å². The molecule has 0 aromatic rings. The Morgan fingerprint density at radius 2 is 1.89 bits per heavy atom. The van der Waals surface area contributed by atoms with E-state index >= 15 is 0 Å². The Morgan fingerprint density at radius 1 is 1.26 bits per heavy atom. The van der Waals surface area contributed by atoms with Crippen molar-refractivity contribution in [3.05, 3.63) is 0 Å². The average Bonchev–Trinajstić information content (AvgIpc) is 3.20. The van der Waals surface area contributed by atoms with Crippen LogP contribution in [-0.2, 0) is 4.79 Å². The van der Waals surface area contributed by atoms with Gasteiger partial charge in [0.15, 0.2) is 0 Å². The highest BCUT2D eigenvalue weighted by atomic mass is 16.4. The number of carbonyl (C=O) groups is 1. The Hall–Kier alpha value is -0.610. The van der Waals surface area contributed by atoms with Gasteiger partial charge < -0.3 is 5.11 Å². The van der Waals surface area contributed by atoms with Crippen molar-refractivity contribution < 1.29 is 9.90 Å². The lowest BCUT2D eigenvalue weighted by atomic mass is 9.92. The maximum Gasteiger partial charge on any atom is 0.324 e. The zero-order valence-corrected chi connectivity index (χ0v) is 12.3. The summed E-state index contributed by atoms with van der Waals surface area (Å²) in [5, 5.41) is 12.9. The molecule has 2 saturated carbocycles. The smallest absolute Gasteiger partial charge is 0.324 e. The molecule has 1 atom stereocenters. The molecule has 0 amide bonds. The van der Waals surface area contributed by atoms with Crippen LogP contribution in [0.3, 0.4) is 0 Å². The lowest BCUT2D eigenvalue weighted by Crippen LogP contribution is -2.59. The van der Waals surface area contributed by atoms with E-state index in [2.05, 4.69) is 17.1 Å². The topological polar surface area (TPSA) is 52.6 Å². The van der Waals surface area contributed by atoms with Crippen LogP contribution in [0.25, 0.3) is 0 Å². The molecule has 1 unspecified atom stereocenters. The number of likely N-dealkylation sites (N-methyl/N-ethyl adjacent to an activating group) is 1. The van der Waals surface area contributed by atoms with Crippen molar-refractivity contribution >= 4 is 5.97 Å². The highest BCUT2D eigenvalue weighted by molar-refractivity contribution is 5.78. The third-order valence-corrected chi connectivity index (χ3v) is 4.59. The number of hydrogen-bond acceptors (Lipinski definition) is 3. The first-order valence-corrected chi connectivity index (χ1v) is 7.80. The normalized spacial score (nSPS) is 24.4. The molecule has 0 aliphatic heterocycles. The van der Waals surface area contributed by atoms with Gasteiger partial charge in [0.25, 0.3) is 0 Å². The van der Waals surface area contributed by atoms with Gasteiger partial charge in [0.2, 0.25) is 0 Å². The molecule has 0 bridgehead atoms. The first kappa shape index (κ1) is 14.8. The van der Waals surface area contributed by atoms with E-state index in [0.717, 1.165) is 19.4 Å². The van der Waals surface area contributed by atoms with Crippen LogP contribution in [-0.4, -0.2) is 46.7 Å². The molecule has 2 rings (SSSR count). The predicted octanol–water partition coefficient (Wildman–Crippen LogP) is 2.24. The Morgan fingerprint density at radius 3 is 2.37 bits per heavy atom. The maximum absolute atomic E-state index is 11.6. The number of carboxylic acid groups (broad SMARTS) is 1. The Kier molecular flexibility index (Phi) is 4.85. The van der Waals surface area contributed by atoms with Gasteiger partial charge in [0, 0.05) is 18.6 Å². The summed E-state index contributed by atoms with van der Waals surface area (Å²) in [6.45, 7) is 5.56. The van der Waals surface area contributed by atoms with Crippen molar-refractivity contribution in [1.29, 1.82) is 0 Å². The largest absolute Gasteiger partial charge is 0.480 e. The van der Waals surface area contributed by atoms with E-state index in [9.17, 15) is 9.90 Å². The van der Waals surface area contributed by atoms with Crippen LogP contribution in [0.5, 0.6) is 0 Å². The number of hydrogen-bond donors (Lipinski definition) is 2. The van der Waals surface area contributed by atoms with Gasteiger partial charge in [-0.05, 0) is 39.2 Å². The first-order valence-electron chi connectivity index (χ1n) is 7.80. The van der Waals surface area contributed by atoms with E-state index in [4.69, 9.17) is 0 Å². The predicted molar refractivity (Wildman–Crippen MR) is 76.3 cm³/mol. The van der Waals surface area contributed by atoms with Gasteiger partial charge in [-0.15, -0.1) is 0 Å². The van der Waals surface area contributed by atoms with Gasteiger partial charge >= 0.3 is 5.97 Å². The highest BCUT2D eigenvalue weighted by Crippen LogP contribution is 2.26. The van der Waals surface area contributed by atoms with Crippen molar-refractivity contribution in [3.8, 4) is 0 Å². The molecule has 0 spiro atoms. The molecule has 2 N–H and O–H groups in total. The van der Waals surface area contributed by atoms with Crippen molar-refractivity contribution in [1.82, 2.24) is 10.2 Å². The third-order valence-electron chi connectivity index (χ3n) is 4.59. The minimum Gasteiger partial charge on any atom is -0.480 e. The second-order valence-corrected chi connectivity index (χ2v) is 6.41. The molecule has 0 radical (unpaired) electrons. The van der Waals surface area contributed by atoms with Crippen molar-refractivity contribution in [2.24, 2.45) is 0 Å². The summed E-state index contributed by atoms with van der Waals surface area (Å²) in [7, 11) is 0. The Bertz CT molecular complexity index is 311. The quantitative estimate of drug-likeness (QED) is 0.743. The summed E-state index contributed by atoms with van der Waals surface area (Å²) in [5.74, 6) is -0.714. The van der Waals surface area contributed by atoms with Crippen LogP contribution >= 0.6 is 0 Å². The van der Waals surface area contributed by atoms with Gasteiger partial charge in [-0.25, -0.2) is 0 Å². The number of aliphatic carboxylic acids is 1. The summed E-state index contributed by atoms with van der Waals surface area (Å²) in [6.07, 6.45) is 8.63. The van der Waals surface area contributed by atoms with E-state index in [1.807, 2.05) is 6.92 Å². The molecule has 4 nitrogen and oxygen atoms in total. The molecule has 2 aliphatic carbocycles. The van der Waals surface area contributed by atoms with Crippen LogP contribution < -0.4 is 5.32 Å². The third kappa shape index (κ3) is 3.93. The summed E-state index contributed by atoms with van der Waals surface area (Å²) in [5.41, 5.74) is -0.797. The van der Waals surface area contributed by atoms with Crippen LogP contribution in [0, 0.1) is 0 Å². The van der Waals surface area contributed by atoms with Crippen LogP contribution in [0.15, 0.2) is 0 Å². The SMILES string of the molecule is CCN(CC(C)(NC1CC1)C(=O)O)C1CCCCC1. The lowest BCUT2D eigenvalue weighted by Gasteiger charge is -2.39. The molecule has 0 aromatic carbocycles. The number of nitrogens with zero attached hydrogens (tertiary/aromatic N) is 1. The summed E-state index contributed by atoms with van der Waals surface area (Å²) < 4.78 is 0. The molecular formula is C15H28N2O2. The fourth-order valence-electron chi connectivity index (χ4n) is 3.20. The minimum absolute atomic E-state index is 0.422. The van der Waals surface area contributed by atoms with Crippen LogP contribution in [0.1, 0.15) is 58.8 Å². The average molecular weight is 268 g/mol. The van der Waals surface area contributed by atoms with E-state index in [0.29, 0.717) is 18.6 Å². The van der Waals surface area contributed by atoms with Crippen LogP contribution in [0.2, 0.25) is 0 Å². The zero-order chi connectivity index (χ0) is 13.9. The maximum atomic E-state index is 11.6. The molecule has 0 heterocycles. The molecule has 110 valence electrons. The monoisotopic (exact) mass is 268 g/mol. The Labute approximate surface area is 116 Å². The van der Waals surface area contributed by atoms with Crippen molar-refractivity contribution in [3.63, 3.8) is 0 Å². The van der Waals surface area contributed by atoms with Gasteiger partial charge in [-0.1, -0.05) is 26.2 Å². The van der Waals surface area contributed by atoms with Crippen molar-refractivity contribution in [2.75, 3.05) is 13.1 Å². The van der Waals surface area contributed by atoms with Gasteiger partial charge in [0.1, 0.15) is 5.54 Å². The number of nitrogens with one attached hydrogen (secondary N) is 1. The molecule has 2 aliphatic rings. The standard InChI is InChI=1S/C15H28N2O2/c1-3-17(13-7-5-4-6-8-13)11-15(2,14(18)19)16-12-9-10-12/h12-13,16H,3-11H2,1-2H3,(H,18,19). The fourth-order valence-corrected chi connectivity index (χ4v) is 3.20. The summed E-state index contributed by atoms with van der Waals surface area (Å²) in [6, 6.07) is 1.00. The second kappa shape index (κ2) is 6.23. The van der Waals surface area contributed by atoms with Crippen molar-refractivity contribution in [2.45, 2.75) is 76.4 Å². The lowest BCUT2D eigenvalue weighted by molar-refractivity contribution is -0.145. The minimum atomic E-state index is -0.797. The fraction of sp³-hybridized carbons (Fsp3) is 0.933.